The van der Waals surface area contributed by atoms with Crippen molar-refractivity contribution in [2.24, 2.45) is 0 Å². The Balaban J connectivity index is 1.58. The van der Waals surface area contributed by atoms with Crippen molar-refractivity contribution in [1.82, 2.24) is 4.98 Å². The number of carbonyl (C=O) groups excluding carboxylic acids is 5. The largest absolute Gasteiger partial charge is 0.497 e. The van der Waals surface area contributed by atoms with E-state index in [0.717, 1.165) is 68.4 Å². The molecule has 13 nitrogen and oxygen atoms in total. The number of oxazole rings is 1. The van der Waals surface area contributed by atoms with Crippen LogP contribution in [0.5, 0.6) is 5.75 Å². The van der Waals surface area contributed by atoms with Crippen LogP contribution in [0.3, 0.4) is 0 Å². The summed E-state index contributed by atoms with van der Waals surface area (Å²) in [6.07, 6.45) is 0. The summed E-state index contributed by atoms with van der Waals surface area (Å²) < 4.78 is 30.2. The number of anilines is 1. The molecule has 0 radical (unpaired) electrons. The van der Waals surface area contributed by atoms with E-state index in [1.54, 1.807) is 43.0 Å². The first-order valence-corrected chi connectivity index (χ1v) is 18.4. The lowest BCUT2D eigenvalue weighted by molar-refractivity contribution is -0.138. The highest BCUT2D eigenvalue weighted by Gasteiger charge is 2.61. The van der Waals surface area contributed by atoms with Crippen LogP contribution >= 0.6 is 47.0 Å². The molecule has 0 atom stereocenters. The molecule has 0 fully saturated rings. The molecule has 0 saturated carbocycles. The number of rotatable bonds is 8. The van der Waals surface area contributed by atoms with Crippen molar-refractivity contribution in [1.29, 1.82) is 0 Å². The number of thioether (sulfide) groups is 4. The van der Waals surface area contributed by atoms with Gasteiger partial charge < -0.3 is 33.0 Å². The Morgan fingerprint density at radius 3 is 2.02 bits per heavy atom. The van der Waals surface area contributed by atoms with E-state index in [0.29, 0.717) is 43.8 Å². The maximum atomic E-state index is 14.4. The topological polar surface area (TPSA) is 161 Å². The standard InChI is InChI=1S/C34H30N2O11S4/c1-33(2)27-22(17-14-16(42-3)12-13-19(17)36(33)21(37)15-48-32-35-18-10-8-9-11-20(18)47-32)34(23(28(38)43-4)24(49-27)29(39)44-5)50-25(30(40)45-6)26(51-34)31(41)46-7/h8-14H,15H2,1-7H3. The monoisotopic (exact) mass is 770 g/mol. The number of carbonyl (C=O) groups is 5. The number of hydrogen-bond donors (Lipinski definition) is 0. The van der Waals surface area contributed by atoms with Gasteiger partial charge >= 0.3 is 23.9 Å². The molecule has 0 bridgehead atoms. The van der Waals surface area contributed by atoms with Crippen LogP contribution in [0.4, 0.5) is 5.69 Å². The first-order chi connectivity index (χ1) is 24.4. The third kappa shape index (κ3) is 5.98. The van der Waals surface area contributed by atoms with E-state index in [1.165, 1.54) is 14.2 Å². The van der Waals surface area contributed by atoms with Crippen LogP contribution in [-0.4, -0.2) is 85.7 Å². The predicted octanol–water partition coefficient (Wildman–Crippen LogP) is 5.55. The minimum Gasteiger partial charge on any atom is -0.497 e. The van der Waals surface area contributed by atoms with E-state index >= 15 is 0 Å². The molecule has 17 heteroatoms. The van der Waals surface area contributed by atoms with Gasteiger partial charge in [-0.15, -0.1) is 0 Å². The van der Waals surface area contributed by atoms with E-state index in [4.69, 9.17) is 28.1 Å². The number of nitrogens with zero attached hydrogens (tertiary/aromatic N) is 2. The molecule has 1 spiro atoms. The van der Waals surface area contributed by atoms with Crippen LogP contribution in [0.2, 0.25) is 0 Å². The van der Waals surface area contributed by atoms with E-state index < -0.39 is 33.5 Å². The zero-order valence-corrected chi connectivity index (χ0v) is 31.5. The zero-order chi connectivity index (χ0) is 36.8. The molecule has 51 heavy (non-hydrogen) atoms. The summed E-state index contributed by atoms with van der Waals surface area (Å²) in [7, 11) is 6.12. The molecule has 4 heterocycles. The fourth-order valence-electron chi connectivity index (χ4n) is 5.97. The van der Waals surface area contributed by atoms with Gasteiger partial charge in [0.2, 0.25) is 5.91 Å². The summed E-state index contributed by atoms with van der Waals surface area (Å²) in [6.45, 7) is 3.60. The van der Waals surface area contributed by atoms with Gasteiger partial charge in [-0.1, -0.05) is 59.2 Å². The second kappa shape index (κ2) is 14.0. The number of para-hydroxylation sites is 2. The van der Waals surface area contributed by atoms with E-state index in [1.807, 2.05) is 18.2 Å². The normalized spacial score (nSPS) is 17.3. The summed E-state index contributed by atoms with van der Waals surface area (Å²) in [6, 6.07) is 12.4. The van der Waals surface area contributed by atoms with Crippen molar-refractivity contribution in [3.8, 4) is 5.75 Å². The maximum absolute atomic E-state index is 14.4. The van der Waals surface area contributed by atoms with Gasteiger partial charge in [0, 0.05) is 16.0 Å². The maximum Gasteiger partial charge on any atom is 0.345 e. The number of hydrogen-bond acceptors (Lipinski definition) is 16. The van der Waals surface area contributed by atoms with Gasteiger partial charge in [-0.2, -0.15) is 0 Å². The molecule has 0 N–H and O–H groups in total. The van der Waals surface area contributed by atoms with Gasteiger partial charge in [0.15, 0.2) is 5.58 Å². The van der Waals surface area contributed by atoms with Gasteiger partial charge in [0.05, 0.1) is 58.1 Å². The number of methoxy groups -OCH3 is 5. The van der Waals surface area contributed by atoms with Crippen LogP contribution in [0.15, 0.2) is 77.3 Å². The fraction of sp³-hybridized carbons (Fsp3) is 0.294. The third-order valence-electron chi connectivity index (χ3n) is 8.19. The average Bonchev–Trinajstić information content (AvgIpc) is 3.74. The highest BCUT2D eigenvalue weighted by molar-refractivity contribution is 8.26. The molecule has 3 aromatic rings. The Morgan fingerprint density at radius 2 is 1.43 bits per heavy atom. The van der Waals surface area contributed by atoms with E-state index in [9.17, 15) is 24.0 Å². The quantitative estimate of drug-likeness (QED) is 0.159. The summed E-state index contributed by atoms with van der Waals surface area (Å²) in [5.74, 6) is -3.46. The first-order valence-electron chi connectivity index (χ1n) is 15.0. The highest BCUT2D eigenvalue weighted by Crippen LogP contribution is 2.71. The number of benzene rings is 2. The van der Waals surface area contributed by atoms with Gasteiger partial charge in [-0.25, -0.2) is 24.2 Å². The summed E-state index contributed by atoms with van der Waals surface area (Å²) in [4.78, 5) is 74.5. The molecule has 3 aliphatic heterocycles. The number of ether oxygens (including phenoxy) is 5. The summed E-state index contributed by atoms with van der Waals surface area (Å²) in [5.41, 5.74) is 1.19. The van der Waals surface area contributed by atoms with Crippen molar-refractivity contribution in [2.45, 2.75) is 28.7 Å². The van der Waals surface area contributed by atoms with Crippen molar-refractivity contribution >= 4 is 99.2 Å². The minimum absolute atomic E-state index is 0.0721. The van der Waals surface area contributed by atoms with Crippen LogP contribution in [-0.2, 0) is 42.9 Å². The molecular weight excluding hydrogens is 741 g/mol. The third-order valence-corrected chi connectivity index (χ3v) is 13.7. The van der Waals surface area contributed by atoms with Crippen LogP contribution in [0.1, 0.15) is 19.4 Å². The van der Waals surface area contributed by atoms with Crippen LogP contribution in [0.25, 0.3) is 16.7 Å². The van der Waals surface area contributed by atoms with Crippen molar-refractivity contribution < 1.29 is 52.1 Å². The molecule has 0 unspecified atom stereocenters. The Labute approximate surface area is 308 Å². The number of aromatic nitrogens is 1. The first kappa shape index (κ1) is 36.5. The molecule has 0 saturated heterocycles. The van der Waals surface area contributed by atoms with Gasteiger partial charge in [0.1, 0.15) is 30.1 Å². The Hall–Kier alpha value is -4.32. The van der Waals surface area contributed by atoms with Crippen molar-refractivity contribution in [3.63, 3.8) is 0 Å². The average molecular weight is 771 g/mol. The van der Waals surface area contributed by atoms with Crippen molar-refractivity contribution in [2.75, 3.05) is 46.2 Å². The molecule has 1 aromatic heterocycles. The number of fused-ring (bicyclic) bond motifs is 4. The van der Waals surface area contributed by atoms with Gasteiger partial charge in [-0.05, 0) is 44.2 Å². The van der Waals surface area contributed by atoms with Crippen LogP contribution in [0, 0.1) is 0 Å². The van der Waals surface area contributed by atoms with Gasteiger partial charge in [-0.3, -0.25) is 4.79 Å². The zero-order valence-electron chi connectivity index (χ0n) is 28.3. The lowest BCUT2D eigenvalue weighted by Gasteiger charge is -2.50. The Kier molecular flexibility index (Phi) is 10.0. The highest BCUT2D eigenvalue weighted by atomic mass is 32.2. The Bertz CT molecular complexity index is 2060. The molecule has 0 aliphatic carbocycles. The van der Waals surface area contributed by atoms with E-state index in [-0.39, 0.29) is 31.9 Å². The molecule has 2 aromatic carbocycles. The SMILES string of the molecule is COC(=O)C1=C(C(=O)OC)SC2(S1)C(C(=O)OC)=C(C(=O)OC)SC1=C2c2cc(OC)ccc2N(C(=O)CSc2nc3ccccc3o2)C1(C)C. The molecule has 1 amide bonds. The number of amides is 1. The molecule has 3 aliphatic rings. The van der Waals surface area contributed by atoms with Gasteiger partial charge in [0.25, 0.3) is 5.22 Å². The lowest BCUT2D eigenvalue weighted by atomic mass is 9.83. The lowest BCUT2D eigenvalue weighted by Crippen LogP contribution is -2.54. The minimum atomic E-state index is -1.72. The molecule has 6 rings (SSSR count). The second-order valence-corrected chi connectivity index (χ2v) is 16.0. The summed E-state index contributed by atoms with van der Waals surface area (Å²) >= 11 is 3.77. The number of esters is 4. The second-order valence-electron chi connectivity index (χ2n) is 11.4. The molecule has 266 valence electrons. The van der Waals surface area contributed by atoms with E-state index in [2.05, 4.69) is 4.98 Å². The summed E-state index contributed by atoms with van der Waals surface area (Å²) in [5, 5.41) is 0.314. The Morgan fingerprint density at radius 1 is 0.824 bits per heavy atom. The molecular formula is C34H30N2O11S4. The van der Waals surface area contributed by atoms with Crippen molar-refractivity contribution in [3.05, 3.63) is 73.2 Å². The fourth-order valence-corrected chi connectivity index (χ4v) is 11.7. The van der Waals surface area contributed by atoms with Crippen LogP contribution < -0.4 is 9.64 Å². The smallest absolute Gasteiger partial charge is 0.345 e. The predicted molar refractivity (Wildman–Crippen MR) is 194 cm³/mol.